The molecule has 1 N–H and O–H groups in total. The van der Waals surface area contributed by atoms with Crippen molar-refractivity contribution in [3.63, 3.8) is 0 Å². The summed E-state index contributed by atoms with van der Waals surface area (Å²) in [4.78, 5) is 6.30. The number of aliphatic hydroxyl groups is 1. The molecule has 1 unspecified atom stereocenters. The molecule has 0 fully saturated rings. The number of halogens is 1. The summed E-state index contributed by atoms with van der Waals surface area (Å²) in [5.74, 6) is 0. The highest BCUT2D eigenvalue weighted by atomic mass is 79.9. The van der Waals surface area contributed by atoms with E-state index in [1.54, 1.807) is 6.20 Å². The van der Waals surface area contributed by atoms with Crippen LogP contribution in [0, 0.1) is 0 Å². The average molecular weight is 335 g/mol. The maximum absolute atomic E-state index is 9.67. The van der Waals surface area contributed by atoms with Crippen LogP contribution < -0.4 is 0 Å². The van der Waals surface area contributed by atoms with Gasteiger partial charge in [-0.3, -0.25) is 9.88 Å². The molecule has 1 aromatic carbocycles. The Morgan fingerprint density at radius 2 is 2.15 bits per heavy atom. The first kappa shape index (κ1) is 15.2. The molecular formula is C16H19BrN2O. The second-order valence-electron chi connectivity index (χ2n) is 4.85. The number of nitrogens with zero attached hydrogens (tertiary/aromatic N) is 2. The monoisotopic (exact) mass is 334 g/mol. The average Bonchev–Trinajstić information content (AvgIpc) is 2.47. The lowest BCUT2D eigenvalue weighted by Gasteiger charge is -2.27. The largest absolute Gasteiger partial charge is 0.394 e. The van der Waals surface area contributed by atoms with Gasteiger partial charge in [0.25, 0.3) is 0 Å². The number of rotatable bonds is 6. The van der Waals surface area contributed by atoms with Crippen molar-refractivity contribution in [3.05, 3.63) is 64.4 Å². The maximum atomic E-state index is 9.67. The molecule has 1 aromatic heterocycles. The van der Waals surface area contributed by atoms with E-state index in [9.17, 15) is 5.11 Å². The van der Waals surface area contributed by atoms with Crippen LogP contribution in [0.4, 0.5) is 0 Å². The van der Waals surface area contributed by atoms with E-state index < -0.39 is 0 Å². The van der Waals surface area contributed by atoms with Crippen molar-refractivity contribution in [2.24, 2.45) is 0 Å². The Labute approximate surface area is 128 Å². The highest BCUT2D eigenvalue weighted by Gasteiger charge is 2.16. The number of pyridine rings is 1. The molecule has 1 heterocycles. The molecule has 2 rings (SSSR count). The highest BCUT2D eigenvalue weighted by molar-refractivity contribution is 9.10. The maximum Gasteiger partial charge on any atom is 0.0628 e. The van der Waals surface area contributed by atoms with E-state index in [0.717, 1.165) is 23.0 Å². The Kier molecular flexibility index (Phi) is 5.71. The minimum absolute atomic E-state index is 0.0178. The van der Waals surface area contributed by atoms with Gasteiger partial charge in [0.15, 0.2) is 0 Å². The summed E-state index contributed by atoms with van der Waals surface area (Å²) in [5, 5.41) is 9.67. The van der Waals surface area contributed by atoms with Gasteiger partial charge in [-0.1, -0.05) is 34.1 Å². The van der Waals surface area contributed by atoms with Gasteiger partial charge in [0.2, 0.25) is 0 Å². The van der Waals surface area contributed by atoms with Gasteiger partial charge in [-0.2, -0.15) is 0 Å². The number of aromatic nitrogens is 1. The van der Waals surface area contributed by atoms with Gasteiger partial charge in [0.1, 0.15) is 0 Å². The van der Waals surface area contributed by atoms with E-state index in [0.29, 0.717) is 0 Å². The fourth-order valence-corrected chi connectivity index (χ4v) is 2.64. The summed E-state index contributed by atoms with van der Waals surface area (Å²) in [6, 6.07) is 12.1. The fraction of sp³-hybridized carbons (Fsp3) is 0.312. The third-order valence-electron chi connectivity index (χ3n) is 3.41. The van der Waals surface area contributed by atoms with Crippen LogP contribution in [0.2, 0.25) is 0 Å². The zero-order valence-corrected chi connectivity index (χ0v) is 13.1. The van der Waals surface area contributed by atoms with E-state index in [-0.39, 0.29) is 12.6 Å². The molecule has 106 valence electrons. The molecular weight excluding hydrogens is 316 g/mol. The smallest absolute Gasteiger partial charge is 0.0628 e. The van der Waals surface area contributed by atoms with Gasteiger partial charge in [0.05, 0.1) is 12.6 Å². The van der Waals surface area contributed by atoms with Crippen LogP contribution in [0.1, 0.15) is 17.2 Å². The Hall–Kier alpha value is -1.23. The van der Waals surface area contributed by atoms with Gasteiger partial charge < -0.3 is 5.11 Å². The molecule has 2 aromatic rings. The van der Waals surface area contributed by atoms with Gasteiger partial charge >= 0.3 is 0 Å². The summed E-state index contributed by atoms with van der Waals surface area (Å²) >= 11 is 3.48. The van der Waals surface area contributed by atoms with Crippen molar-refractivity contribution in [2.45, 2.75) is 12.5 Å². The molecule has 3 nitrogen and oxygen atoms in total. The van der Waals surface area contributed by atoms with E-state index >= 15 is 0 Å². The lowest BCUT2D eigenvalue weighted by molar-refractivity contribution is 0.149. The Balaban J connectivity index is 2.00. The molecule has 20 heavy (non-hydrogen) atoms. The SMILES string of the molecule is CN(CCc1cccnc1)C(CO)c1cccc(Br)c1. The van der Waals surface area contributed by atoms with Crippen molar-refractivity contribution < 1.29 is 5.11 Å². The van der Waals surface area contributed by atoms with Gasteiger partial charge in [-0.05, 0) is 42.8 Å². The zero-order chi connectivity index (χ0) is 14.4. The third kappa shape index (κ3) is 4.13. The molecule has 0 amide bonds. The van der Waals surface area contributed by atoms with Gasteiger partial charge in [-0.25, -0.2) is 0 Å². The zero-order valence-electron chi connectivity index (χ0n) is 11.5. The summed E-state index contributed by atoms with van der Waals surface area (Å²) in [7, 11) is 2.04. The molecule has 0 saturated heterocycles. The van der Waals surface area contributed by atoms with Crippen LogP contribution in [-0.4, -0.2) is 35.2 Å². The topological polar surface area (TPSA) is 36.4 Å². The molecule has 0 saturated carbocycles. The molecule has 0 aliphatic rings. The van der Waals surface area contributed by atoms with Gasteiger partial charge in [-0.15, -0.1) is 0 Å². The minimum atomic E-state index is 0.0178. The Morgan fingerprint density at radius 3 is 2.80 bits per heavy atom. The summed E-state index contributed by atoms with van der Waals surface area (Å²) in [6.45, 7) is 0.990. The second kappa shape index (κ2) is 7.53. The van der Waals surface area contributed by atoms with Crippen LogP contribution in [0.15, 0.2) is 53.3 Å². The van der Waals surface area contributed by atoms with Crippen molar-refractivity contribution in [1.29, 1.82) is 0 Å². The van der Waals surface area contributed by atoms with Crippen molar-refractivity contribution in [3.8, 4) is 0 Å². The first-order valence-corrected chi connectivity index (χ1v) is 7.45. The van der Waals surface area contributed by atoms with Gasteiger partial charge in [0, 0.05) is 23.4 Å². The van der Waals surface area contributed by atoms with Crippen LogP contribution in [0.3, 0.4) is 0 Å². The van der Waals surface area contributed by atoms with E-state index in [4.69, 9.17) is 0 Å². The van der Waals surface area contributed by atoms with Crippen LogP contribution >= 0.6 is 15.9 Å². The first-order chi connectivity index (χ1) is 9.70. The number of benzene rings is 1. The molecule has 0 bridgehead atoms. The van der Waals surface area contributed by atoms with E-state index in [1.807, 2.05) is 37.5 Å². The highest BCUT2D eigenvalue weighted by Crippen LogP contribution is 2.22. The fourth-order valence-electron chi connectivity index (χ4n) is 2.22. The predicted molar refractivity (Wildman–Crippen MR) is 84.5 cm³/mol. The molecule has 0 aliphatic heterocycles. The minimum Gasteiger partial charge on any atom is -0.394 e. The number of hydrogen-bond donors (Lipinski definition) is 1. The lowest BCUT2D eigenvalue weighted by atomic mass is 10.1. The summed E-state index contributed by atoms with van der Waals surface area (Å²) in [5.41, 5.74) is 2.33. The number of aliphatic hydroxyl groups excluding tert-OH is 1. The van der Waals surface area contributed by atoms with Crippen molar-refractivity contribution >= 4 is 15.9 Å². The van der Waals surface area contributed by atoms with Crippen LogP contribution in [0.25, 0.3) is 0 Å². The lowest BCUT2D eigenvalue weighted by Crippen LogP contribution is -2.29. The van der Waals surface area contributed by atoms with E-state index in [1.165, 1.54) is 5.56 Å². The Morgan fingerprint density at radius 1 is 1.30 bits per heavy atom. The third-order valence-corrected chi connectivity index (χ3v) is 3.91. The number of hydrogen-bond acceptors (Lipinski definition) is 3. The van der Waals surface area contributed by atoms with Crippen LogP contribution in [0.5, 0.6) is 0 Å². The summed E-state index contributed by atoms with van der Waals surface area (Å²) in [6.07, 6.45) is 4.60. The first-order valence-electron chi connectivity index (χ1n) is 6.66. The molecule has 1 atom stereocenters. The van der Waals surface area contributed by atoms with E-state index in [2.05, 4.69) is 37.9 Å². The van der Waals surface area contributed by atoms with Crippen molar-refractivity contribution in [2.75, 3.05) is 20.2 Å². The summed E-state index contributed by atoms with van der Waals surface area (Å²) < 4.78 is 1.04. The molecule has 4 heteroatoms. The Bertz CT molecular complexity index is 533. The molecule has 0 radical (unpaired) electrons. The predicted octanol–water partition coefficient (Wildman–Crippen LogP) is 3.05. The number of likely N-dealkylation sites (N-methyl/N-ethyl adjacent to an activating group) is 1. The molecule has 0 aliphatic carbocycles. The van der Waals surface area contributed by atoms with Crippen LogP contribution in [-0.2, 0) is 6.42 Å². The molecule has 0 spiro atoms. The quantitative estimate of drug-likeness (QED) is 0.881. The standard InChI is InChI=1S/C16H19BrN2O/c1-19(9-7-13-4-3-8-18-11-13)16(12-20)14-5-2-6-15(17)10-14/h2-6,8,10-11,16,20H,7,9,12H2,1H3. The normalized spacial score (nSPS) is 12.6. The second-order valence-corrected chi connectivity index (χ2v) is 5.76. The van der Waals surface area contributed by atoms with Crippen molar-refractivity contribution in [1.82, 2.24) is 9.88 Å².